The van der Waals surface area contributed by atoms with Gasteiger partial charge in [0, 0.05) is 59.5 Å². The second-order valence-electron chi connectivity index (χ2n) is 16.3. The number of likely N-dealkylation sites (tertiary alicyclic amines) is 1. The topological polar surface area (TPSA) is 263 Å². The van der Waals surface area contributed by atoms with E-state index in [0.717, 1.165) is 58.1 Å². The molecule has 3 heterocycles. The molecule has 0 saturated carbocycles. The highest BCUT2D eigenvalue weighted by molar-refractivity contribution is 8.17. The Morgan fingerprint density at radius 2 is 1.55 bits per heavy atom. The lowest BCUT2D eigenvalue weighted by Gasteiger charge is -2.45. The Balaban J connectivity index is 1.59. The Kier molecular flexibility index (Phi) is 21.9. The molecule has 1 aromatic heterocycles. The van der Waals surface area contributed by atoms with E-state index in [1.165, 1.54) is 30.0 Å². The van der Waals surface area contributed by atoms with Gasteiger partial charge in [0.15, 0.2) is 36.0 Å². The number of amides is 3. The van der Waals surface area contributed by atoms with Crippen LogP contribution in [0.1, 0.15) is 101 Å². The van der Waals surface area contributed by atoms with E-state index in [9.17, 15) is 43.7 Å². The Bertz CT molecular complexity index is 2150. The lowest BCUT2D eigenvalue weighted by Crippen LogP contribution is -2.60. The molecule has 0 unspecified atom stereocenters. The molecule has 1 aromatic carbocycles. The van der Waals surface area contributed by atoms with Crippen LogP contribution in [0.4, 0.5) is 11.4 Å². The first-order chi connectivity index (χ1) is 32.8. The molecule has 22 nitrogen and oxygen atoms in total. The third kappa shape index (κ3) is 16.0. The van der Waals surface area contributed by atoms with Gasteiger partial charge in [-0.25, -0.2) is 0 Å². The fraction of sp³-hybridized carbons (Fsp3) is 0.622. The van der Waals surface area contributed by atoms with E-state index < -0.39 is 89.5 Å². The first kappa shape index (κ1) is 56.0. The maximum absolute atomic E-state index is 14.0. The predicted octanol–water partition coefficient (Wildman–Crippen LogP) is 4.58. The second-order valence-corrected chi connectivity index (χ2v) is 19.4. The molecule has 0 spiro atoms. The zero-order valence-corrected chi connectivity index (χ0v) is 42.1. The van der Waals surface area contributed by atoms with E-state index in [-0.39, 0.29) is 65.1 Å². The molecule has 382 valence electrons. The summed E-state index contributed by atoms with van der Waals surface area (Å²) >= 11 is 3.51. The number of aromatic nitrogens is 1. The number of benzene rings is 1. The SMILES string of the molecule is CCSC(SCC)[C@H]1CCCN1C(=O)c1cc(OC)c(OCCCC(=O)Nc2cc(C(=O)NCCCN(C)C)n([C@H]3O[C@H](COC(C)=O)[C@@H](OC(C)=O)[C@@H](OC(C)=O)[C@H]3OC(C)=O)c2)cc1[N+](=O)[O-]. The summed E-state index contributed by atoms with van der Waals surface area (Å²) < 4.78 is 41.1. The number of nitrogens with zero attached hydrogens (tertiary/aromatic N) is 4. The summed E-state index contributed by atoms with van der Waals surface area (Å²) in [7, 11) is 5.11. The van der Waals surface area contributed by atoms with Gasteiger partial charge in [-0.15, -0.1) is 23.5 Å². The molecule has 0 aliphatic carbocycles. The number of nitro groups is 1. The molecule has 2 aliphatic heterocycles. The van der Waals surface area contributed by atoms with Crippen molar-refractivity contribution in [1.29, 1.82) is 0 Å². The molecule has 2 N–H and O–H groups in total. The van der Waals surface area contributed by atoms with Crippen LogP contribution >= 0.6 is 23.5 Å². The van der Waals surface area contributed by atoms with Gasteiger partial charge in [-0.05, 0) is 63.9 Å². The molecule has 3 amide bonds. The van der Waals surface area contributed by atoms with E-state index in [1.807, 2.05) is 19.0 Å². The van der Waals surface area contributed by atoms with Gasteiger partial charge in [0.25, 0.3) is 17.5 Å². The van der Waals surface area contributed by atoms with Crippen LogP contribution in [0, 0.1) is 10.1 Å². The van der Waals surface area contributed by atoms with E-state index in [2.05, 4.69) is 24.5 Å². The maximum Gasteiger partial charge on any atom is 0.303 e. The number of carbonyl (C=O) groups is 7. The van der Waals surface area contributed by atoms with Gasteiger partial charge in [0.05, 0.1) is 41.0 Å². The van der Waals surface area contributed by atoms with Crippen molar-refractivity contribution in [1.82, 2.24) is 19.7 Å². The average Bonchev–Trinajstić information content (AvgIpc) is 3.94. The summed E-state index contributed by atoms with van der Waals surface area (Å²) in [4.78, 5) is 106. The number of anilines is 1. The molecule has 2 saturated heterocycles. The van der Waals surface area contributed by atoms with Crippen molar-refractivity contribution in [3.63, 3.8) is 0 Å². The summed E-state index contributed by atoms with van der Waals surface area (Å²) in [5, 5.41) is 17.9. The van der Waals surface area contributed by atoms with Crippen LogP contribution in [-0.4, -0.2) is 161 Å². The molecular weight excluding hydrogens is 945 g/mol. The van der Waals surface area contributed by atoms with Crippen molar-refractivity contribution >= 4 is 76.5 Å². The summed E-state index contributed by atoms with van der Waals surface area (Å²) in [5.74, 6) is -3.02. The number of hydrogen-bond acceptors (Lipinski definition) is 19. The minimum atomic E-state index is -1.56. The molecule has 69 heavy (non-hydrogen) atoms. The van der Waals surface area contributed by atoms with Gasteiger partial charge >= 0.3 is 23.9 Å². The number of rotatable bonds is 25. The molecule has 2 fully saturated rings. The lowest BCUT2D eigenvalue weighted by atomic mass is 9.97. The average molecular weight is 1010 g/mol. The summed E-state index contributed by atoms with van der Waals surface area (Å²) in [6.45, 7) is 9.27. The summed E-state index contributed by atoms with van der Waals surface area (Å²) in [5.41, 5.74) is -0.553. The Hall–Kier alpha value is -5.59. The number of ether oxygens (including phenoxy) is 7. The van der Waals surface area contributed by atoms with Crippen molar-refractivity contribution < 1.29 is 71.6 Å². The minimum absolute atomic E-state index is 0.00298. The molecule has 6 atom stereocenters. The predicted molar refractivity (Wildman–Crippen MR) is 254 cm³/mol. The molecule has 0 bridgehead atoms. The number of nitrogens with one attached hydrogen (secondary N) is 2. The molecule has 24 heteroatoms. The number of carbonyl (C=O) groups excluding carboxylic acids is 7. The monoisotopic (exact) mass is 1010 g/mol. The normalized spacial score (nSPS) is 20.0. The van der Waals surface area contributed by atoms with E-state index in [4.69, 9.17) is 33.2 Å². The third-order valence-electron chi connectivity index (χ3n) is 10.7. The highest BCUT2D eigenvalue weighted by atomic mass is 32.2. The minimum Gasteiger partial charge on any atom is -0.493 e. The fourth-order valence-corrected chi connectivity index (χ4v) is 10.8. The first-order valence-corrected chi connectivity index (χ1v) is 24.7. The number of methoxy groups -OCH3 is 1. The first-order valence-electron chi connectivity index (χ1n) is 22.6. The van der Waals surface area contributed by atoms with Crippen LogP contribution in [0.5, 0.6) is 11.5 Å². The van der Waals surface area contributed by atoms with Crippen LogP contribution in [0.3, 0.4) is 0 Å². The smallest absolute Gasteiger partial charge is 0.303 e. The maximum atomic E-state index is 14.0. The van der Waals surface area contributed by atoms with Gasteiger partial charge < -0.3 is 58.2 Å². The van der Waals surface area contributed by atoms with E-state index in [1.54, 1.807) is 28.4 Å². The molecular formula is C45H64N6O16S2. The van der Waals surface area contributed by atoms with Gasteiger partial charge in [-0.1, -0.05) is 13.8 Å². The van der Waals surface area contributed by atoms with Gasteiger partial charge in [0.2, 0.25) is 5.91 Å². The number of thioether (sulfide) groups is 2. The standard InChI is InChI=1S/C45H64N6O16S2/c1-10-68-45(69-11-2)32-15-12-19-49(32)43(58)31-22-35(61-9)36(23-33(31)51(59)60)62-20-13-16-38(56)47-30-21-34(42(57)46-17-14-18-48(7)8)50(24-30)44-41(66-29(6)55)40(65-28(5)54)39(64-27(4)53)37(67-44)25-63-26(3)52/h21-24,32,37,39-41,44-45H,10-20,25H2,1-9H3,(H,46,57)(H,47,56)/t32-,37-,39-,40-,41-,44+/m1/s1. The van der Waals surface area contributed by atoms with Gasteiger partial charge in [-0.2, -0.15) is 0 Å². The van der Waals surface area contributed by atoms with Crippen molar-refractivity contribution in [3.05, 3.63) is 45.8 Å². The van der Waals surface area contributed by atoms with Gasteiger partial charge in [0.1, 0.15) is 24.0 Å². The molecule has 4 rings (SSSR count). The number of esters is 4. The second kappa shape index (κ2) is 27.0. The van der Waals surface area contributed by atoms with Crippen molar-refractivity contribution in [2.45, 2.75) is 115 Å². The Labute approximate surface area is 409 Å². The number of hydrogen-bond donors (Lipinski definition) is 2. The van der Waals surface area contributed by atoms with Crippen LogP contribution in [-0.2, 0) is 47.7 Å². The molecule has 2 aliphatic rings. The van der Waals surface area contributed by atoms with Crippen molar-refractivity contribution in [2.75, 3.05) is 70.9 Å². The fourth-order valence-electron chi connectivity index (χ4n) is 7.92. The quantitative estimate of drug-likeness (QED) is 0.0344. The van der Waals surface area contributed by atoms with Crippen LogP contribution in [0.25, 0.3) is 0 Å². The highest BCUT2D eigenvalue weighted by Crippen LogP contribution is 2.40. The van der Waals surface area contributed by atoms with E-state index >= 15 is 0 Å². The Morgan fingerprint density at radius 1 is 0.899 bits per heavy atom. The number of nitro benzene ring substituents is 1. The Morgan fingerprint density at radius 3 is 2.14 bits per heavy atom. The summed E-state index contributed by atoms with van der Waals surface area (Å²) in [6.07, 6.45) is -3.92. The van der Waals surface area contributed by atoms with Gasteiger partial charge in [-0.3, -0.25) is 43.7 Å². The van der Waals surface area contributed by atoms with E-state index in [0.29, 0.717) is 19.5 Å². The third-order valence-corrected chi connectivity index (χ3v) is 13.5. The molecule has 2 aromatic rings. The van der Waals surface area contributed by atoms with Crippen molar-refractivity contribution in [2.24, 2.45) is 0 Å². The lowest BCUT2D eigenvalue weighted by molar-refractivity contribution is -0.385. The van der Waals surface area contributed by atoms with Crippen LogP contribution in [0.2, 0.25) is 0 Å². The zero-order chi connectivity index (χ0) is 50.9. The highest BCUT2D eigenvalue weighted by Gasteiger charge is 2.53. The summed E-state index contributed by atoms with van der Waals surface area (Å²) in [6, 6.07) is 3.73. The zero-order valence-electron chi connectivity index (χ0n) is 40.5. The molecule has 0 radical (unpaired) electrons. The van der Waals surface area contributed by atoms with Crippen LogP contribution < -0.4 is 20.1 Å². The van der Waals surface area contributed by atoms with Crippen molar-refractivity contribution in [3.8, 4) is 11.5 Å². The largest absolute Gasteiger partial charge is 0.493 e. The van der Waals surface area contributed by atoms with Crippen LogP contribution in [0.15, 0.2) is 24.4 Å².